The fourth-order valence-electron chi connectivity index (χ4n) is 4.07. The molecule has 2 amide bonds. The molecule has 0 bridgehead atoms. The Morgan fingerprint density at radius 2 is 1.87 bits per heavy atom. The number of nitrogens with one attached hydrogen (secondary N) is 1. The molecule has 164 valence electrons. The zero-order chi connectivity index (χ0) is 22.0. The van der Waals surface area contributed by atoms with Gasteiger partial charge in [-0.2, -0.15) is 0 Å². The largest absolute Gasteiger partial charge is 0.442 e. The minimum atomic E-state index is -0.598. The van der Waals surface area contributed by atoms with Gasteiger partial charge in [-0.15, -0.1) is 0 Å². The van der Waals surface area contributed by atoms with Gasteiger partial charge in [-0.05, 0) is 55.2 Å². The molecule has 0 radical (unpaired) electrons. The molecular formula is C23H25F2N3O3. The number of ether oxygens (including phenoxy) is 1. The lowest BCUT2D eigenvalue weighted by atomic mass is 10.0. The fourth-order valence-corrected chi connectivity index (χ4v) is 4.07. The molecule has 0 saturated carbocycles. The van der Waals surface area contributed by atoms with Crippen molar-refractivity contribution < 1.29 is 23.1 Å². The van der Waals surface area contributed by atoms with Crippen molar-refractivity contribution in [1.82, 2.24) is 5.32 Å². The van der Waals surface area contributed by atoms with Crippen molar-refractivity contribution >= 4 is 23.4 Å². The number of benzene rings is 2. The predicted octanol–water partition coefficient (Wildman–Crippen LogP) is 4.08. The normalized spacial score (nSPS) is 18.8. The standard InChI is InChI=1S/C23H25F2N3O3/c1-15(29)26-13-18-14-28(23(30)31-18)17-6-7-19(20(24)12-17)16-5-8-22(21(25)11-16)27-9-3-2-4-10-27/h5-8,11-12,18H,2-4,9-10,13-14H2,1H3,(H,26,29)/t18-/m0/s1. The van der Waals surface area contributed by atoms with Crippen LogP contribution < -0.4 is 15.1 Å². The van der Waals surface area contributed by atoms with Gasteiger partial charge in [-0.25, -0.2) is 13.6 Å². The van der Waals surface area contributed by atoms with Crippen LogP contribution in [0.2, 0.25) is 0 Å². The van der Waals surface area contributed by atoms with Crippen molar-refractivity contribution in [2.75, 3.05) is 36.0 Å². The van der Waals surface area contributed by atoms with E-state index in [4.69, 9.17) is 4.74 Å². The topological polar surface area (TPSA) is 61.9 Å². The van der Waals surface area contributed by atoms with Crippen LogP contribution in [-0.4, -0.2) is 44.3 Å². The van der Waals surface area contributed by atoms with E-state index in [-0.39, 0.29) is 30.4 Å². The number of nitrogens with zero attached hydrogens (tertiary/aromatic N) is 2. The van der Waals surface area contributed by atoms with Gasteiger partial charge >= 0.3 is 6.09 Å². The van der Waals surface area contributed by atoms with Crippen molar-refractivity contribution in [2.24, 2.45) is 0 Å². The van der Waals surface area contributed by atoms with Gasteiger partial charge in [0.25, 0.3) is 0 Å². The molecule has 2 aromatic carbocycles. The lowest BCUT2D eigenvalue weighted by Crippen LogP contribution is -2.33. The molecule has 2 heterocycles. The van der Waals surface area contributed by atoms with Crippen LogP contribution in [0.3, 0.4) is 0 Å². The quantitative estimate of drug-likeness (QED) is 0.778. The van der Waals surface area contributed by atoms with Gasteiger partial charge in [0.05, 0.1) is 24.5 Å². The number of hydrogen-bond acceptors (Lipinski definition) is 4. The van der Waals surface area contributed by atoms with Gasteiger partial charge in [0.2, 0.25) is 5.91 Å². The second kappa shape index (κ2) is 8.91. The number of carbonyl (C=O) groups is 2. The molecule has 0 aromatic heterocycles. The number of rotatable bonds is 5. The van der Waals surface area contributed by atoms with Gasteiger partial charge in [0.1, 0.15) is 17.7 Å². The molecule has 31 heavy (non-hydrogen) atoms. The first-order valence-electron chi connectivity index (χ1n) is 10.5. The highest BCUT2D eigenvalue weighted by molar-refractivity contribution is 5.90. The summed E-state index contributed by atoms with van der Waals surface area (Å²) in [5.41, 5.74) is 1.59. The third-order valence-corrected chi connectivity index (χ3v) is 5.67. The number of carbonyl (C=O) groups excluding carboxylic acids is 2. The maximum atomic E-state index is 14.9. The minimum absolute atomic E-state index is 0.195. The molecule has 4 rings (SSSR count). The number of hydrogen-bond donors (Lipinski definition) is 1. The molecule has 2 aliphatic heterocycles. The highest BCUT2D eigenvalue weighted by atomic mass is 19.1. The number of anilines is 2. The molecule has 0 aliphatic carbocycles. The summed E-state index contributed by atoms with van der Waals surface area (Å²) in [7, 11) is 0. The summed E-state index contributed by atoms with van der Waals surface area (Å²) in [6, 6.07) is 9.17. The Morgan fingerprint density at radius 1 is 1.10 bits per heavy atom. The Bertz CT molecular complexity index is 992. The summed E-state index contributed by atoms with van der Waals surface area (Å²) < 4.78 is 34.8. The summed E-state index contributed by atoms with van der Waals surface area (Å²) in [5, 5.41) is 2.60. The molecule has 1 N–H and O–H groups in total. The van der Waals surface area contributed by atoms with E-state index in [0.29, 0.717) is 16.9 Å². The van der Waals surface area contributed by atoms with E-state index in [1.54, 1.807) is 18.2 Å². The summed E-state index contributed by atoms with van der Waals surface area (Å²) in [5.74, 6) is -1.14. The fraction of sp³-hybridized carbons (Fsp3) is 0.391. The Labute approximate surface area is 179 Å². The van der Waals surface area contributed by atoms with E-state index in [9.17, 15) is 18.4 Å². The minimum Gasteiger partial charge on any atom is -0.442 e. The van der Waals surface area contributed by atoms with E-state index >= 15 is 0 Å². The van der Waals surface area contributed by atoms with Gasteiger partial charge in [-0.3, -0.25) is 9.69 Å². The summed E-state index contributed by atoms with van der Waals surface area (Å²) in [4.78, 5) is 26.5. The van der Waals surface area contributed by atoms with E-state index in [1.807, 2.05) is 4.90 Å². The van der Waals surface area contributed by atoms with Crippen molar-refractivity contribution in [2.45, 2.75) is 32.3 Å². The van der Waals surface area contributed by atoms with Crippen LogP contribution in [0.1, 0.15) is 26.2 Å². The highest BCUT2D eigenvalue weighted by Gasteiger charge is 2.32. The van der Waals surface area contributed by atoms with Crippen LogP contribution in [0.25, 0.3) is 11.1 Å². The average Bonchev–Trinajstić information content (AvgIpc) is 3.13. The second-order valence-electron chi connectivity index (χ2n) is 7.93. The third kappa shape index (κ3) is 4.62. The van der Waals surface area contributed by atoms with Crippen molar-refractivity contribution in [1.29, 1.82) is 0 Å². The number of piperidine rings is 1. The monoisotopic (exact) mass is 429 g/mol. The number of halogens is 2. The first-order chi connectivity index (χ1) is 14.9. The average molecular weight is 429 g/mol. The molecule has 2 aliphatic rings. The van der Waals surface area contributed by atoms with Gasteiger partial charge < -0.3 is 15.0 Å². The molecule has 6 nitrogen and oxygen atoms in total. The van der Waals surface area contributed by atoms with Crippen LogP contribution in [-0.2, 0) is 9.53 Å². The third-order valence-electron chi connectivity index (χ3n) is 5.67. The summed E-state index contributed by atoms with van der Waals surface area (Å²) in [6.45, 7) is 3.44. The summed E-state index contributed by atoms with van der Waals surface area (Å²) in [6.07, 6.45) is 2.14. The van der Waals surface area contributed by atoms with Crippen LogP contribution in [0.5, 0.6) is 0 Å². The van der Waals surface area contributed by atoms with Crippen LogP contribution in [0.4, 0.5) is 25.0 Å². The van der Waals surface area contributed by atoms with Crippen molar-refractivity contribution in [3.63, 3.8) is 0 Å². The maximum Gasteiger partial charge on any atom is 0.414 e. The molecule has 0 unspecified atom stereocenters. The van der Waals surface area contributed by atoms with E-state index in [0.717, 1.165) is 32.4 Å². The maximum absolute atomic E-state index is 14.9. The number of cyclic esters (lactones) is 1. The Hall–Kier alpha value is -3.16. The molecule has 8 heteroatoms. The van der Waals surface area contributed by atoms with Crippen LogP contribution in [0, 0.1) is 11.6 Å². The van der Waals surface area contributed by atoms with Gasteiger partial charge in [0, 0.05) is 25.6 Å². The van der Waals surface area contributed by atoms with Crippen LogP contribution >= 0.6 is 0 Å². The Balaban J connectivity index is 1.51. The molecule has 2 fully saturated rings. The van der Waals surface area contributed by atoms with Gasteiger partial charge in [-0.1, -0.05) is 6.07 Å². The molecule has 0 spiro atoms. The zero-order valence-corrected chi connectivity index (χ0v) is 17.4. The lowest BCUT2D eigenvalue weighted by Gasteiger charge is -2.29. The lowest BCUT2D eigenvalue weighted by molar-refractivity contribution is -0.119. The van der Waals surface area contributed by atoms with Crippen LogP contribution in [0.15, 0.2) is 36.4 Å². The number of amides is 2. The first kappa shape index (κ1) is 21.1. The van der Waals surface area contributed by atoms with E-state index in [1.165, 1.54) is 30.0 Å². The van der Waals surface area contributed by atoms with Crippen molar-refractivity contribution in [3.05, 3.63) is 48.0 Å². The Kier molecular flexibility index (Phi) is 6.06. The molecule has 2 aromatic rings. The zero-order valence-electron chi connectivity index (χ0n) is 17.4. The first-order valence-corrected chi connectivity index (χ1v) is 10.5. The molecule has 2 saturated heterocycles. The molecular weight excluding hydrogens is 404 g/mol. The second-order valence-corrected chi connectivity index (χ2v) is 7.93. The van der Waals surface area contributed by atoms with Crippen molar-refractivity contribution in [3.8, 4) is 11.1 Å². The SMILES string of the molecule is CC(=O)NC[C@H]1CN(c2ccc(-c3ccc(N4CCCCC4)c(F)c3)c(F)c2)C(=O)O1. The highest BCUT2D eigenvalue weighted by Crippen LogP contribution is 2.32. The van der Waals surface area contributed by atoms with Gasteiger partial charge in [0.15, 0.2) is 0 Å². The predicted molar refractivity (Wildman–Crippen MR) is 114 cm³/mol. The molecule has 1 atom stereocenters. The Morgan fingerprint density at radius 3 is 2.55 bits per heavy atom. The smallest absolute Gasteiger partial charge is 0.414 e. The van der Waals surface area contributed by atoms with E-state index in [2.05, 4.69) is 5.32 Å². The summed E-state index contributed by atoms with van der Waals surface area (Å²) >= 11 is 0. The van der Waals surface area contributed by atoms with E-state index < -0.39 is 18.0 Å².